The molecular formula is C33H32FN5S. The van der Waals surface area contributed by atoms with Gasteiger partial charge in [0.2, 0.25) is 0 Å². The fraction of sp³-hybridized carbons (Fsp3) is 0.212. The normalized spacial score (nSPS) is 13.9. The van der Waals surface area contributed by atoms with Gasteiger partial charge in [-0.15, -0.1) is 11.3 Å². The number of thiophene rings is 1. The number of benzene rings is 1. The Morgan fingerprint density at radius 2 is 1.90 bits per heavy atom. The van der Waals surface area contributed by atoms with Crippen molar-refractivity contribution in [2.24, 2.45) is 5.92 Å². The molecule has 4 aromatic heterocycles. The van der Waals surface area contributed by atoms with E-state index in [1.807, 2.05) is 48.7 Å². The van der Waals surface area contributed by atoms with Crippen LogP contribution >= 0.6 is 11.3 Å². The minimum Gasteiger partial charge on any atom is -0.397 e. The van der Waals surface area contributed by atoms with Crippen molar-refractivity contribution in [1.29, 1.82) is 0 Å². The molecule has 6 rings (SSSR count). The first-order chi connectivity index (χ1) is 19.4. The lowest BCUT2D eigenvalue weighted by molar-refractivity contribution is 0.357. The molecule has 5 nitrogen and oxygen atoms in total. The quantitative estimate of drug-likeness (QED) is 0.180. The minimum atomic E-state index is -0.202. The van der Waals surface area contributed by atoms with Crippen molar-refractivity contribution >= 4 is 39.2 Å². The first-order valence-corrected chi connectivity index (χ1v) is 14.5. The van der Waals surface area contributed by atoms with Crippen molar-refractivity contribution in [3.05, 3.63) is 102 Å². The number of pyridine rings is 2. The molecule has 1 fully saturated rings. The molecule has 0 radical (unpaired) electrons. The first kappa shape index (κ1) is 26.0. The molecule has 1 aliphatic rings. The highest BCUT2D eigenvalue weighted by Gasteiger charge is 2.16. The zero-order chi connectivity index (χ0) is 27.6. The molecule has 1 saturated carbocycles. The molecule has 0 unspecified atom stereocenters. The number of H-pyrrole nitrogens is 1. The van der Waals surface area contributed by atoms with Crippen molar-refractivity contribution in [1.82, 2.24) is 15.0 Å². The van der Waals surface area contributed by atoms with Crippen molar-refractivity contribution in [2.75, 3.05) is 11.1 Å². The highest BCUT2D eigenvalue weighted by molar-refractivity contribution is 7.14. The van der Waals surface area contributed by atoms with E-state index in [4.69, 9.17) is 5.73 Å². The van der Waals surface area contributed by atoms with Gasteiger partial charge >= 0.3 is 0 Å². The Labute approximate surface area is 237 Å². The van der Waals surface area contributed by atoms with Crippen LogP contribution in [0.5, 0.6) is 0 Å². The lowest BCUT2D eigenvalue weighted by Gasteiger charge is -2.22. The predicted molar refractivity (Wildman–Crippen MR) is 166 cm³/mol. The largest absolute Gasteiger partial charge is 0.397 e. The number of nitrogens with zero attached hydrogens (tertiary/aromatic N) is 2. The zero-order valence-corrected chi connectivity index (χ0v) is 23.2. The second-order valence-electron chi connectivity index (χ2n) is 10.6. The molecule has 1 aromatic carbocycles. The number of hydrogen-bond donors (Lipinski definition) is 3. The third-order valence-electron chi connectivity index (χ3n) is 7.70. The van der Waals surface area contributed by atoms with Crippen LogP contribution in [0.15, 0.2) is 86.0 Å². The third kappa shape index (κ3) is 5.42. The molecule has 0 atom stereocenters. The Hall–Kier alpha value is -4.23. The molecule has 0 amide bonds. The first-order valence-electron chi connectivity index (χ1n) is 13.7. The molecule has 202 valence electrons. The molecule has 1 aliphatic carbocycles. The number of hydrogen-bond acceptors (Lipinski definition) is 5. The van der Waals surface area contributed by atoms with Crippen LogP contribution < -0.4 is 11.1 Å². The number of fused-ring (bicyclic) bond motifs is 1. The average molecular weight is 550 g/mol. The zero-order valence-electron chi connectivity index (χ0n) is 22.3. The summed E-state index contributed by atoms with van der Waals surface area (Å²) in [5.74, 6) is 0.712. The van der Waals surface area contributed by atoms with Crippen molar-refractivity contribution in [2.45, 2.75) is 38.5 Å². The van der Waals surface area contributed by atoms with Gasteiger partial charge in [-0.3, -0.25) is 9.97 Å². The highest BCUT2D eigenvalue weighted by atomic mass is 32.1. The van der Waals surface area contributed by atoms with E-state index in [9.17, 15) is 4.39 Å². The number of anilines is 2. The monoisotopic (exact) mass is 549 g/mol. The average Bonchev–Trinajstić information content (AvgIpc) is 3.60. The Balaban J connectivity index is 1.25. The molecule has 4 N–H and O–H groups in total. The number of nitrogens with two attached hydrogens (primary N) is 1. The van der Waals surface area contributed by atoms with Gasteiger partial charge in [0, 0.05) is 55.6 Å². The SMILES string of the molecule is C=C(CC1CCCCC1)Nc1cncc(-c2cc(C(=C)c3cc4c(-c5ccc(F)s5)cccc4[nH]3)c(N)cn2)c1. The summed E-state index contributed by atoms with van der Waals surface area (Å²) in [5, 5.41) is 4.26. The predicted octanol–water partition coefficient (Wildman–Crippen LogP) is 9.03. The fourth-order valence-electron chi connectivity index (χ4n) is 5.67. The van der Waals surface area contributed by atoms with E-state index in [-0.39, 0.29) is 5.13 Å². The van der Waals surface area contributed by atoms with Crippen LogP contribution in [0.25, 0.3) is 38.2 Å². The highest BCUT2D eigenvalue weighted by Crippen LogP contribution is 2.37. The third-order valence-corrected chi connectivity index (χ3v) is 8.61. The lowest BCUT2D eigenvalue weighted by atomic mass is 9.86. The number of rotatable bonds is 8. The van der Waals surface area contributed by atoms with Crippen LogP contribution in [0, 0.1) is 11.0 Å². The number of nitrogen functional groups attached to an aromatic ring is 1. The maximum absolute atomic E-state index is 13.7. The van der Waals surface area contributed by atoms with Crippen molar-refractivity contribution < 1.29 is 4.39 Å². The Bertz CT molecular complexity index is 1710. The summed E-state index contributed by atoms with van der Waals surface area (Å²) in [7, 11) is 0. The number of halogens is 1. The number of allylic oxidation sites excluding steroid dienone is 1. The Morgan fingerprint density at radius 1 is 1.05 bits per heavy atom. The van der Waals surface area contributed by atoms with Crippen molar-refractivity contribution in [3.63, 3.8) is 0 Å². The number of aromatic nitrogens is 3. The summed E-state index contributed by atoms with van der Waals surface area (Å²) >= 11 is 1.14. The Kier molecular flexibility index (Phi) is 7.22. The van der Waals surface area contributed by atoms with E-state index in [1.165, 1.54) is 38.2 Å². The Morgan fingerprint density at radius 3 is 2.70 bits per heavy atom. The van der Waals surface area contributed by atoms with E-state index in [0.717, 1.165) is 78.6 Å². The molecule has 7 heteroatoms. The minimum absolute atomic E-state index is 0.202. The van der Waals surface area contributed by atoms with Crippen LogP contribution in [0.1, 0.15) is 49.8 Å². The molecule has 4 heterocycles. The molecule has 0 saturated heterocycles. The van der Waals surface area contributed by atoms with Gasteiger partial charge in [-0.2, -0.15) is 4.39 Å². The van der Waals surface area contributed by atoms with Crippen LogP contribution in [0.3, 0.4) is 0 Å². The maximum Gasteiger partial charge on any atom is 0.176 e. The van der Waals surface area contributed by atoms with Crippen LogP contribution in [0.2, 0.25) is 0 Å². The lowest BCUT2D eigenvalue weighted by Crippen LogP contribution is -2.10. The van der Waals surface area contributed by atoms with Gasteiger partial charge in [0.1, 0.15) is 0 Å². The van der Waals surface area contributed by atoms with Crippen LogP contribution in [-0.2, 0) is 0 Å². The molecule has 0 aliphatic heterocycles. The molecule has 0 bridgehead atoms. The van der Waals surface area contributed by atoms with E-state index >= 15 is 0 Å². The van der Waals surface area contributed by atoms with E-state index < -0.39 is 0 Å². The molecule has 5 aromatic rings. The van der Waals surface area contributed by atoms with E-state index in [2.05, 4.69) is 33.4 Å². The molecule has 0 spiro atoms. The van der Waals surface area contributed by atoms with E-state index in [1.54, 1.807) is 12.4 Å². The molecule has 40 heavy (non-hydrogen) atoms. The van der Waals surface area contributed by atoms with Gasteiger partial charge in [0.05, 0.1) is 29.5 Å². The smallest absolute Gasteiger partial charge is 0.176 e. The second-order valence-corrected chi connectivity index (χ2v) is 11.6. The van der Waals surface area contributed by atoms with Gasteiger partial charge in [0.25, 0.3) is 0 Å². The maximum atomic E-state index is 13.7. The summed E-state index contributed by atoms with van der Waals surface area (Å²) in [4.78, 5) is 13.4. The second kappa shape index (κ2) is 11.1. The fourth-order valence-corrected chi connectivity index (χ4v) is 6.44. The standard InChI is InChI=1S/C33H32FN5S/c1-20(13-22-7-4-3-5-8-22)38-24-14-23(17-36-18-24)31-15-26(28(35)19-37-31)21(2)30-16-27-25(9-6-10-29(27)39-30)32-11-12-33(34)40-32/h6,9-12,14-19,22,38-39H,1-5,7-8,13,35H2. The topological polar surface area (TPSA) is 79.6 Å². The van der Waals surface area contributed by atoms with Gasteiger partial charge in [0.15, 0.2) is 5.13 Å². The summed E-state index contributed by atoms with van der Waals surface area (Å²) in [6.45, 7) is 8.64. The van der Waals surface area contributed by atoms with Gasteiger partial charge in [-0.25, -0.2) is 0 Å². The van der Waals surface area contributed by atoms with Gasteiger partial charge in [-0.1, -0.05) is 57.4 Å². The van der Waals surface area contributed by atoms with Crippen LogP contribution in [-0.4, -0.2) is 15.0 Å². The summed E-state index contributed by atoms with van der Waals surface area (Å²) < 4.78 is 13.7. The van der Waals surface area contributed by atoms with Crippen molar-refractivity contribution in [3.8, 4) is 21.7 Å². The van der Waals surface area contributed by atoms with Crippen LogP contribution in [0.4, 0.5) is 15.8 Å². The summed E-state index contributed by atoms with van der Waals surface area (Å²) in [6.07, 6.45) is 12.8. The van der Waals surface area contributed by atoms with E-state index in [0.29, 0.717) is 11.6 Å². The summed E-state index contributed by atoms with van der Waals surface area (Å²) in [5.41, 5.74) is 14.8. The summed E-state index contributed by atoms with van der Waals surface area (Å²) in [6, 6.07) is 15.3. The molecular weight excluding hydrogens is 517 g/mol. The van der Waals surface area contributed by atoms with Gasteiger partial charge < -0.3 is 16.0 Å². The van der Waals surface area contributed by atoms with Gasteiger partial charge in [-0.05, 0) is 48.7 Å². The number of aromatic amines is 1. The number of nitrogens with one attached hydrogen (secondary N) is 2.